The van der Waals surface area contributed by atoms with Crippen LogP contribution in [0.15, 0.2) is 36.4 Å². The molecule has 0 aromatic heterocycles. The van der Waals surface area contributed by atoms with E-state index in [1.54, 1.807) is 0 Å². The van der Waals surface area contributed by atoms with Gasteiger partial charge in [0.25, 0.3) is 0 Å². The van der Waals surface area contributed by atoms with Gasteiger partial charge in [0.1, 0.15) is 6.10 Å². The van der Waals surface area contributed by atoms with Gasteiger partial charge in [-0.3, -0.25) is 4.79 Å². The lowest BCUT2D eigenvalue weighted by molar-refractivity contribution is -0.150. The van der Waals surface area contributed by atoms with Crippen LogP contribution in [-0.2, 0) is 16.0 Å². The van der Waals surface area contributed by atoms with Crippen molar-refractivity contribution in [3.63, 3.8) is 0 Å². The molecule has 3 rings (SSSR count). The molecule has 28 heavy (non-hydrogen) atoms. The maximum atomic E-state index is 12.1. The van der Waals surface area contributed by atoms with Gasteiger partial charge in [-0.05, 0) is 40.8 Å². The van der Waals surface area contributed by atoms with Crippen molar-refractivity contribution in [2.24, 2.45) is 5.92 Å². The normalized spacial score (nSPS) is 15.4. The molecule has 0 N–H and O–H groups in total. The average Bonchev–Trinajstić information content (AvgIpc) is 2.70. The average molecular weight is 379 g/mol. The monoisotopic (exact) mass is 378 g/mol. The largest absolute Gasteiger partial charge is 0.453 e. The van der Waals surface area contributed by atoms with Gasteiger partial charge in [-0.25, -0.2) is 0 Å². The molecule has 2 aromatic rings. The number of hydrogen-bond acceptors (Lipinski definition) is 2. The molecule has 0 heterocycles. The molecule has 1 unspecified atom stereocenters. The van der Waals surface area contributed by atoms with Gasteiger partial charge >= 0.3 is 5.97 Å². The van der Waals surface area contributed by atoms with Crippen molar-refractivity contribution < 1.29 is 9.53 Å². The van der Waals surface area contributed by atoms with Crippen molar-refractivity contribution in [3.8, 4) is 0 Å². The first-order valence-corrected chi connectivity index (χ1v) is 11.0. The second kappa shape index (κ2) is 9.91. The first kappa shape index (κ1) is 20.6. The van der Waals surface area contributed by atoms with Crippen molar-refractivity contribution >= 4 is 22.8 Å². The Morgan fingerprint density at radius 1 is 1.00 bits per heavy atom. The van der Waals surface area contributed by atoms with E-state index in [1.807, 2.05) is 19.9 Å². The highest BCUT2D eigenvalue weighted by Gasteiger charge is 2.23. The topological polar surface area (TPSA) is 26.3 Å². The van der Waals surface area contributed by atoms with Crippen LogP contribution in [0.25, 0.3) is 16.8 Å². The van der Waals surface area contributed by atoms with Crippen LogP contribution < -0.4 is 0 Å². The van der Waals surface area contributed by atoms with Gasteiger partial charge in [-0.1, -0.05) is 95.7 Å². The van der Waals surface area contributed by atoms with E-state index in [0.29, 0.717) is 0 Å². The molecule has 2 heteroatoms. The minimum atomic E-state index is -0.278. The number of esters is 1. The fraction of sp³-hybridized carbons (Fsp3) is 0.500. The number of carbonyl (C=O) groups excluding carboxylic acids is 1. The summed E-state index contributed by atoms with van der Waals surface area (Å²) in [5.41, 5.74) is 3.85. The van der Waals surface area contributed by atoms with E-state index in [2.05, 4.69) is 43.3 Å². The standard InChI is InChI=1S/C26H34O2/c1-4-5-6-7-8-9-10-12-20-15-16-21-13-11-14-23-24(28-26(27)19(2)3)18-17-22(20)25(21)23/h11,13-19,24H,4-10,12H2,1-3H3. The molecule has 1 atom stereocenters. The molecule has 0 bridgehead atoms. The summed E-state index contributed by atoms with van der Waals surface area (Å²) in [7, 11) is 0. The Balaban J connectivity index is 1.73. The highest BCUT2D eigenvalue weighted by Crippen LogP contribution is 2.37. The number of ether oxygens (including phenoxy) is 1. The van der Waals surface area contributed by atoms with E-state index in [0.717, 1.165) is 12.0 Å². The Labute approximate surface area is 170 Å². The van der Waals surface area contributed by atoms with Crippen LogP contribution in [0.2, 0.25) is 0 Å². The zero-order valence-corrected chi connectivity index (χ0v) is 17.7. The number of hydrogen-bond donors (Lipinski definition) is 0. The summed E-state index contributed by atoms with van der Waals surface area (Å²) in [4.78, 5) is 12.1. The zero-order valence-electron chi connectivity index (χ0n) is 17.7. The van der Waals surface area contributed by atoms with Gasteiger partial charge < -0.3 is 4.74 Å². The fourth-order valence-electron chi connectivity index (χ4n) is 4.05. The van der Waals surface area contributed by atoms with Gasteiger partial charge in [-0.2, -0.15) is 0 Å². The number of unbranched alkanes of at least 4 members (excludes halogenated alkanes) is 6. The van der Waals surface area contributed by atoms with E-state index >= 15 is 0 Å². The highest BCUT2D eigenvalue weighted by molar-refractivity contribution is 5.97. The van der Waals surface area contributed by atoms with Gasteiger partial charge in [-0.15, -0.1) is 0 Å². The van der Waals surface area contributed by atoms with E-state index in [9.17, 15) is 4.79 Å². The SMILES string of the molecule is CCCCCCCCCc1ccc2cccc3c2c1C=CC3OC(=O)C(C)C. The summed E-state index contributed by atoms with van der Waals surface area (Å²) >= 11 is 0. The summed E-state index contributed by atoms with van der Waals surface area (Å²) in [6.45, 7) is 6.02. The molecule has 0 aliphatic heterocycles. The maximum Gasteiger partial charge on any atom is 0.309 e. The number of aryl methyl sites for hydroxylation is 1. The first-order valence-electron chi connectivity index (χ1n) is 11.0. The molecule has 2 aromatic carbocycles. The minimum absolute atomic E-state index is 0.113. The molecule has 2 nitrogen and oxygen atoms in total. The smallest absolute Gasteiger partial charge is 0.309 e. The van der Waals surface area contributed by atoms with Crippen LogP contribution in [0.3, 0.4) is 0 Å². The molecule has 0 fully saturated rings. The summed E-state index contributed by atoms with van der Waals surface area (Å²) in [6, 6.07) is 10.8. The van der Waals surface area contributed by atoms with E-state index in [1.165, 1.54) is 66.8 Å². The summed E-state index contributed by atoms with van der Waals surface area (Å²) in [5.74, 6) is -0.257. The van der Waals surface area contributed by atoms with Crippen LogP contribution in [0.1, 0.15) is 88.5 Å². The summed E-state index contributed by atoms with van der Waals surface area (Å²) in [5, 5.41) is 2.48. The second-order valence-corrected chi connectivity index (χ2v) is 8.33. The lowest BCUT2D eigenvalue weighted by Crippen LogP contribution is -2.16. The molecule has 0 saturated carbocycles. The highest BCUT2D eigenvalue weighted by atomic mass is 16.5. The van der Waals surface area contributed by atoms with Crippen LogP contribution in [0.4, 0.5) is 0 Å². The van der Waals surface area contributed by atoms with Crippen molar-refractivity contribution in [1.29, 1.82) is 0 Å². The predicted molar refractivity (Wildman–Crippen MR) is 118 cm³/mol. The Kier molecular flexibility index (Phi) is 7.30. The minimum Gasteiger partial charge on any atom is -0.453 e. The van der Waals surface area contributed by atoms with Crippen LogP contribution in [0.5, 0.6) is 0 Å². The first-order chi connectivity index (χ1) is 13.6. The number of rotatable bonds is 10. The Hall–Kier alpha value is -2.09. The number of benzene rings is 2. The van der Waals surface area contributed by atoms with Crippen molar-refractivity contribution in [3.05, 3.63) is 53.1 Å². The lowest BCUT2D eigenvalue weighted by Gasteiger charge is -2.24. The zero-order chi connectivity index (χ0) is 19.9. The Morgan fingerprint density at radius 2 is 1.75 bits per heavy atom. The van der Waals surface area contributed by atoms with Gasteiger partial charge in [0.05, 0.1) is 5.92 Å². The molecular weight excluding hydrogens is 344 g/mol. The molecule has 150 valence electrons. The second-order valence-electron chi connectivity index (χ2n) is 8.33. The molecule has 0 radical (unpaired) electrons. The quantitative estimate of drug-likeness (QED) is 0.318. The fourth-order valence-corrected chi connectivity index (χ4v) is 4.05. The van der Waals surface area contributed by atoms with Crippen molar-refractivity contribution in [2.75, 3.05) is 0 Å². The third-order valence-corrected chi connectivity index (χ3v) is 5.72. The summed E-state index contributed by atoms with van der Waals surface area (Å²) < 4.78 is 5.76. The van der Waals surface area contributed by atoms with Crippen LogP contribution in [0, 0.1) is 5.92 Å². The maximum absolute atomic E-state index is 12.1. The number of carbonyl (C=O) groups is 1. The Bertz CT molecular complexity index is 832. The third kappa shape index (κ3) is 4.84. The predicted octanol–water partition coefficient (Wildman–Crippen LogP) is 7.40. The van der Waals surface area contributed by atoms with Gasteiger partial charge in [0.2, 0.25) is 0 Å². The Morgan fingerprint density at radius 3 is 2.50 bits per heavy atom. The lowest BCUT2D eigenvalue weighted by atomic mass is 9.87. The van der Waals surface area contributed by atoms with Gasteiger partial charge in [0, 0.05) is 5.56 Å². The molecule has 0 amide bonds. The molecule has 1 aliphatic rings. The van der Waals surface area contributed by atoms with Crippen molar-refractivity contribution in [2.45, 2.75) is 78.2 Å². The van der Waals surface area contributed by atoms with E-state index < -0.39 is 0 Å². The third-order valence-electron chi connectivity index (χ3n) is 5.72. The van der Waals surface area contributed by atoms with Crippen LogP contribution >= 0.6 is 0 Å². The van der Waals surface area contributed by atoms with Gasteiger partial charge in [0.15, 0.2) is 0 Å². The van der Waals surface area contributed by atoms with E-state index in [4.69, 9.17) is 4.74 Å². The molecule has 0 spiro atoms. The van der Waals surface area contributed by atoms with Crippen molar-refractivity contribution in [1.82, 2.24) is 0 Å². The van der Waals surface area contributed by atoms with E-state index in [-0.39, 0.29) is 18.0 Å². The molecule has 0 saturated heterocycles. The molecular formula is C26H34O2. The molecule has 1 aliphatic carbocycles. The van der Waals surface area contributed by atoms with Crippen LogP contribution in [-0.4, -0.2) is 5.97 Å². The summed E-state index contributed by atoms with van der Waals surface area (Å²) in [6.07, 6.45) is 14.4.